The maximum Gasteiger partial charge on any atom is 0.317 e. The van der Waals surface area contributed by atoms with E-state index in [0.29, 0.717) is 18.3 Å². The van der Waals surface area contributed by atoms with Crippen LogP contribution in [0.15, 0.2) is 47.0 Å². The van der Waals surface area contributed by atoms with Crippen LogP contribution in [0, 0.1) is 13.8 Å². The molecule has 0 unspecified atom stereocenters. The molecular weight excluding hydrogens is 378 g/mol. The lowest BCUT2D eigenvalue weighted by Gasteiger charge is -2.36. The molecule has 1 fully saturated rings. The van der Waals surface area contributed by atoms with Gasteiger partial charge in [-0.15, -0.1) is 0 Å². The highest BCUT2D eigenvalue weighted by atomic mass is 16.5. The predicted molar refractivity (Wildman–Crippen MR) is 118 cm³/mol. The summed E-state index contributed by atoms with van der Waals surface area (Å²) in [6.45, 7) is 9.82. The number of aryl methyl sites for hydroxylation is 2. The van der Waals surface area contributed by atoms with Crippen molar-refractivity contribution in [1.82, 2.24) is 20.4 Å². The Morgan fingerprint density at radius 2 is 1.70 bits per heavy atom. The lowest BCUT2D eigenvalue weighted by atomic mass is 10.1. The summed E-state index contributed by atoms with van der Waals surface area (Å²) in [7, 11) is 0. The van der Waals surface area contributed by atoms with Crippen LogP contribution < -0.4 is 10.2 Å². The quantitative estimate of drug-likeness (QED) is 0.713. The van der Waals surface area contributed by atoms with Gasteiger partial charge >= 0.3 is 6.03 Å². The number of hydrogen-bond donors (Lipinski definition) is 1. The Bertz CT molecular complexity index is 1020. The highest BCUT2D eigenvalue weighted by Gasteiger charge is 2.21. The molecule has 156 valence electrons. The average Bonchev–Trinajstić information content (AvgIpc) is 3.26. The van der Waals surface area contributed by atoms with E-state index in [1.165, 1.54) is 11.1 Å². The molecular formula is C23H27N5O2. The van der Waals surface area contributed by atoms with Crippen LogP contribution in [0.5, 0.6) is 0 Å². The van der Waals surface area contributed by atoms with E-state index < -0.39 is 0 Å². The summed E-state index contributed by atoms with van der Waals surface area (Å²) in [5.41, 5.74) is 5.41. The minimum absolute atomic E-state index is 0.0178. The molecule has 1 aliphatic heterocycles. The first-order chi connectivity index (χ1) is 14.5. The number of hydrogen-bond acceptors (Lipinski definition) is 5. The van der Waals surface area contributed by atoms with Gasteiger partial charge in [-0.25, -0.2) is 4.79 Å². The van der Waals surface area contributed by atoms with E-state index in [2.05, 4.69) is 58.5 Å². The van der Waals surface area contributed by atoms with Gasteiger partial charge in [0.25, 0.3) is 5.89 Å². The summed E-state index contributed by atoms with van der Waals surface area (Å²) in [4.78, 5) is 20.7. The van der Waals surface area contributed by atoms with Crippen molar-refractivity contribution in [1.29, 1.82) is 0 Å². The Kier molecular flexibility index (Phi) is 5.70. The fourth-order valence-corrected chi connectivity index (χ4v) is 3.58. The van der Waals surface area contributed by atoms with E-state index >= 15 is 0 Å². The van der Waals surface area contributed by atoms with Crippen molar-refractivity contribution in [2.75, 3.05) is 37.6 Å². The van der Waals surface area contributed by atoms with Crippen molar-refractivity contribution >= 4 is 11.7 Å². The number of piperazine rings is 1. The SMILES string of the molecule is CCNC(=O)N1CCN(c2ccc(-c3noc(-c4ccc(C)c(C)c4)n3)cc2)CC1. The molecule has 1 aliphatic rings. The molecule has 0 spiro atoms. The molecule has 2 heterocycles. The summed E-state index contributed by atoms with van der Waals surface area (Å²) in [6.07, 6.45) is 0. The topological polar surface area (TPSA) is 74.5 Å². The molecule has 2 aromatic carbocycles. The third kappa shape index (κ3) is 4.15. The van der Waals surface area contributed by atoms with E-state index in [-0.39, 0.29) is 6.03 Å². The first-order valence-corrected chi connectivity index (χ1v) is 10.3. The average molecular weight is 406 g/mol. The summed E-state index contributed by atoms with van der Waals surface area (Å²) >= 11 is 0. The normalized spacial score (nSPS) is 14.1. The molecule has 7 heteroatoms. The van der Waals surface area contributed by atoms with E-state index in [4.69, 9.17) is 4.52 Å². The Labute approximate surface area is 176 Å². The largest absolute Gasteiger partial charge is 0.368 e. The molecule has 1 saturated heterocycles. The van der Waals surface area contributed by atoms with Gasteiger partial charge in [-0.1, -0.05) is 11.2 Å². The van der Waals surface area contributed by atoms with Gasteiger partial charge in [0.2, 0.25) is 5.82 Å². The Morgan fingerprint density at radius 3 is 2.37 bits per heavy atom. The van der Waals surface area contributed by atoms with E-state index in [9.17, 15) is 4.79 Å². The third-order valence-electron chi connectivity index (χ3n) is 5.57. The smallest absolute Gasteiger partial charge is 0.317 e. The number of nitrogens with one attached hydrogen (secondary N) is 1. The number of rotatable bonds is 4. The van der Waals surface area contributed by atoms with E-state index in [1.54, 1.807) is 0 Å². The molecule has 0 radical (unpaired) electrons. The second-order valence-corrected chi connectivity index (χ2v) is 7.58. The van der Waals surface area contributed by atoms with Crippen molar-refractivity contribution in [2.24, 2.45) is 0 Å². The molecule has 1 N–H and O–H groups in total. The molecule has 0 saturated carbocycles. The number of nitrogens with zero attached hydrogens (tertiary/aromatic N) is 4. The summed E-state index contributed by atoms with van der Waals surface area (Å²) in [6, 6.07) is 14.3. The lowest BCUT2D eigenvalue weighted by Crippen LogP contribution is -2.51. The van der Waals surface area contributed by atoms with Crippen molar-refractivity contribution < 1.29 is 9.32 Å². The Hall–Kier alpha value is -3.35. The van der Waals surface area contributed by atoms with Gasteiger partial charge in [0, 0.05) is 49.5 Å². The maximum absolute atomic E-state index is 12.0. The fraction of sp³-hybridized carbons (Fsp3) is 0.348. The second-order valence-electron chi connectivity index (χ2n) is 7.58. The van der Waals surface area contributed by atoms with Crippen LogP contribution in [0.4, 0.5) is 10.5 Å². The van der Waals surface area contributed by atoms with Crippen LogP contribution in [0.1, 0.15) is 18.1 Å². The second kappa shape index (κ2) is 8.57. The molecule has 1 aromatic heterocycles. The molecule has 4 rings (SSSR count). The fourth-order valence-electron chi connectivity index (χ4n) is 3.58. The van der Waals surface area contributed by atoms with Crippen LogP contribution in [0.3, 0.4) is 0 Å². The molecule has 3 aromatic rings. The van der Waals surface area contributed by atoms with Crippen molar-refractivity contribution in [3.05, 3.63) is 53.6 Å². The zero-order valence-corrected chi connectivity index (χ0v) is 17.7. The minimum Gasteiger partial charge on any atom is -0.368 e. The van der Waals surface area contributed by atoms with Crippen LogP contribution in [-0.2, 0) is 0 Å². The zero-order valence-electron chi connectivity index (χ0n) is 17.7. The van der Waals surface area contributed by atoms with Gasteiger partial charge in [-0.2, -0.15) is 4.98 Å². The number of benzene rings is 2. The van der Waals surface area contributed by atoms with Gasteiger partial charge in [0.05, 0.1) is 0 Å². The van der Waals surface area contributed by atoms with Gasteiger partial charge in [0.1, 0.15) is 0 Å². The maximum atomic E-state index is 12.0. The zero-order chi connectivity index (χ0) is 21.1. The standard InChI is InChI=1S/C23H27N5O2/c1-4-24-23(29)28-13-11-27(12-14-28)20-9-7-18(8-10-20)21-25-22(30-26-21)19-6-5-16(2)17(3)15-19/h5-10,15H,4,11-14H2,1-3H3,(H,24,29). The first kappa shape index (κ1) is 19.9. The van der Waals surface area contributed by atoms with Gasteiger partial charge in [-0.05, 0) is 68.3 Å². The predicted octanol–water partition coefficient (Wildman–Crippen LogP) is 3.87. The van der Waals surface area contributed by atoms with Gasteiger partial charge in [0.15, 0.2) is 0 Å². The van der Waals surface area contributed by atoms with Crippen molar-refractivity contribution in [2.45, 2.75) is 20.8 Å². The van der Waals surface area contributed by atoms with Crippen LogP contribution >= 0.6 is 0 Å². The van der Waals surface area contributed by atoms with Crippen molar-refractivity contribution in [3.63, 3.8) is 0 Å². The highest BCUT2D eigenvalue weighted by molar-refractivity contribution is 5.74. The number of urea groups is 1. The third-order valence-corrected chi connectivity index (χ3v) is 5.57. The van der Waals surface area contributed by atoms with Crippen LogP contribution in [-0.4, -0.2) is 53.8 Å². The summed E-state index contributed by atoms with van der Waals surface area (Å²) in [5, 5.41) is 7.01. The lowest BCUT2D eigenvalue weighted by molar-refractivity contribution is 0.195. The number of carbonyl (C=O) groups excluding carboxylic acids is 1. The molecule has 2 amide bonds. The van der Waals surface area contributed by atoms with E-state index in [1.807, 2.05) is 30.0 Å². The number of aromatic nitrogens is 2. The Morgan fingerprint density at radius 1 is 1.00 bits per heavy atom. The summed E-state index contributed by atoms with van der Waals surface area (Å²) < 4.78 is 5.49. The van der Waals surface area contributed by atoms with Gasteiger partial charge in [-0.3, -0.25) is 0 Å². The molecule has 0 bridgehead atoms. The summed E-state index contributed by atoms with van der Waals surface area (Å²) in [5.74, 6) is 1.11. The molecule has 7 nitrogen and oxygen atoms in total. The highest BCUT2D eigenvalue weighted by Crippen LogP contribution is 2.26. The van der Waals surface area contributed by atoms with Crippen LogP contribution in [0.25, 0.3) is 22.8 Å². The number of anilines is 1. The number of carbonyl (C=O) groups is 1. The Balaban J connectivity index is 1.43. The molecule has 0 atom stereocenters. The minimum atomic E-state index is 0.0178. The van der Waals surface area contributed by atoms with Crippen LogP contribution in [0.2, 0.25) is 0 Å². The van der Waals surface area contributed by atoms with Crippen molar-refractivity contribution in [3.8, 4) is 22.8 Å². The van der Waals surface area contributed by atoms with Gasteiger partial charge < -0.3 is 19.6 Å². The van der Waals surface area contributed by atoms with E-state index in [0.717, 1.165) is 43.0 Å². The molecule has 30 heavy (non-hydrogen) atoms. The molecule has 0 aliphatic carbocycles. The monoisotopic (exact) mass is 405 g/mol. The first-order valence-electron chi connectivity index (χ1n) is 10.3. The number of amides is 2.